The fraction of sp³-hybridized carbons (Fsp3) is 0.444. The second-order valence-electron chi connectivity index (χ2n) is 10.9. The first kappa shape index (κ1) is 31.1. The molecule has 0 N–H and O–H groups in total. The topological polar surface area (TPSA) is 52.6 Å². The van der Waals surface area contributed by atoms with Crippen LogP contribution in [0.1, 0.15) is 111 Å². The number of hydrogen-bond acceptors (Lipinski definition) is 4. The lowest BCUT2D eigenvalue weighted by molar-refractivity contribution is 0.0447. The van der Waals surface area contributed by atoms with E-state index in [4.69, 9.17) is 9.47 Å². The van der Waals surface area contributed by atoms with E-state index in [9.17, 15) is 9.59 Å². The van der Waals surface area contributed by atoms with E-state index in [-0.39, 0.29) is 11.9 Å². The Kier molecular flexibility index (Phi) is 13.5. The van der Waals surface area contributed by atoms with Crippen LogP contribution in [0.15, 0.2) is 72.8 Å². The van der Waals surface area contributed by atoms with E-state index in [1.54, 1.807) is 24.3 Å². The van der Waals surface area contributed by atoms with Crippen LogP contribution in [0, 0.1) is 5.92 Å². The van der Waals surface area contributed by atoms with Crippen molar-refractivity contribution >= 4 is 11.9 Å². The largest absolute Gasteiger partial charge is 0.462 e. The number of carbonyl (C=O) groups is 2. The van der Waals surface area contributed by atoms with Gasteiger partial charge in [0, 0.05) is 0 Å². The molecule has 3 aromatic carbocycles. The van der Waals surface area contributed by atoms with Gasteiger partial charge in [0.15, 0.2) is 0 Å². The second kappa shape index (κ2) is 17.3. The van der Waals surface area contributed by atoms with Crippen LogP contribution in [-0.4, -0.2) is 18.5 Å². The molecule has 0 aliphatic rings. The molecule has 0 radical (unpaired) electrons. The zero-order valence-electron chi connectivity index (χ0n) is 24.6. The normalized spacial score (nSPS) is 11.7. The Morgan fingerprint density at radius 2 is 1.12 bits per heavy atom. The minimum atomic E-state index is -0.359. The molecule has 40 heavy (non-hydrogen) atoms. The van der Waals surface area contributed by atoms with Crippen LogP contribution in [0.5, 0.6) is 5.75 Å². The summed E-state index contributed by atoms with van der Waals surface area (Å²) in [6, 6.07) is 22.5. The van der Waals surface area contributed by atoms with Crippen molar-refractivity contribution in [1.29, 1.82) is 0 Å². The Labute approximate surface area is 241 Å². The Bertz CT molecular complexity index is 1150. The van der Waals surface area contributed by atoms with E-state index in [0.717, 1.165) is 24.0 Å². The van der Waals surface area contributed by atoms with Gasteiger partial charge in [0.1, 0.15) is 5.75 Å². The fourth-order valence-corrected chi connectivity index (χ4v) is 4.55. The van der Waals surface area contributed by atoms with Gasteiger partial charge in [0.05, 0.1) is 17.7 Å². The highest BCUT2D eigenvalue weighted by atomic mass is 16.5. The van der Waals surface area contributed by atoms with Crippen LogP contribution >= 0.6 is 0 Å². The van der Waals surface area contributed by atoms with Gasteiger partial charge >= 0.3 is 11.9 Å². The van der Waals surface area contributed by atoms with E-state index in [1.165, 1.54) is 63.4 Å². The molecule has 214 valence electrons. The first-order valence-electron chi connectivity index (χ1n) is 15.2. The third-order valence-corrected chi connectivity index (χ3v) is 7.47. The summed E-state index contributed by atoms with van der Waals surface area (Å²) < 4.78 is 11.0. The lowest BCUT2D eigenvalue weighted by atomic mass is 10.0. The van der Waals surface area contributed by atoms with Crippen LogP contribution in [-0.2, 0) is 11.2 Å². The van der Waals surface area contributed by atoms with Crippen LogP contribution < -0.4 is 4.74 Å². The summed E-state index contributed by atoms with van der Waals surface area (Å²) in [5, 5.41) is 0. The highest BCUT2D eigenvalue weighted by Crippen LogP contribution is 2.24. The first-order chi connectivity index (χ1) is 19.5. The summed E-state index contributed by atoms with van der Waals surface area (Å²) in [4.78, 5) is 24.9. The molecule has 0 aliphatic heterocycles. The molecule has 1 unspecified atom stereocenters. The number of unbranched alkanes of at least 4 members (excludes halogenated alkanes) is 8. The molecule has 1 atom stereocenters. The van der Waals surface area contributed by atoms with Gasteiger partial charge in [-0.1, -0.05) is 115 Å². The SMILES string of the molecule is CCCCCCCCCCCc1ccc(C(=O)Oc2ccc(-c3ccc(C(=O)OCC(C)CC)cc3)cc2)cc1. The van der Waals surface area contributed by atoms with Crippen LogP contribution in [0.3, 0.4) is 0 Å². The molecular formula is C36H46O4. The van der Waals surface area contributed by atoms with Crippen molar-refractivity contribution in [2.45, 2.75) is 91.4 Å². The molecule has 3 rings (SSSR count). The highest BCUT2D eigenvalue weighted by molar-refractivity contribution is 5.91. The molecular weight excluding hydrogens is 496 g/mol. The van der Waals surface area contributed by atoms with Gasteiger partial charge in [-0.3, -0.25) is 0 Å². The Balaban J connectivity index is 1.42. The Hall–Kier alpha value is -3.40. The fourth-order valence-electron chi connectivity index (χ4n) is 4.55. The van der Waals surface area contributed by atoms with E-state index in [0.29, 0.717) is 29.4 Å². The summed E-state index contributed by atoms with van der Waals surface area (Å²) in [7, 11) is 0. The van der Waals surface area contributed by atoms with Gasteiger partial charge in [-0.15, -0.1) is 0 Å². The molecule has 0 spiro atoms. The molecule has 0 bridgehead atoms. The van der Waals surface area contributed by atoms with Gasteiger partial charge < -0.3 is 9.47 Å². The summed E-state index contributed by atoms with van der Waals surface area (Å²) in [5.74, 6) is 0.190. The molecule has 0 saturated carbocycles. The molecule has 4 heteroatoms. The molecule has 0 amide bonds. The summed E-state index contributed by atoms with van der Waals surface area (Å²) in [5.41, 5.74) is 4.30. The van der Waals surface area contributed by atoms with Crippen molar-refractivity contribution in [2.24, 2.45) is 5.92 Å². The van der Waals surface area contributed by atoms with E-state index < -0.39 is 0 Å². The van der Waals surface area contributed by atoms with Gasteiger partial charge in [-0.2, -0.15) is 0 Å². The summed E-state index contributed by atoms with van der Waals surface area (Å²) >= 11 is 0. The average molecular weight is 543 g/mol. The monoisotopic (exact) mass is 542 g/mol. The van der Waals surface area contributed by atoms with Crippen molar-refractivity contribution in [3.05, 3.63) is 89.5 Å². The van der Waals surface area contributed by atoms with Gasteiger partial charge in [-0.05, 0) is 71.8 Å². The van der Waals surface area contributed by atoms with Crippen molar-refractivity contribution in [3.8, 4) is 16.9 Å². The van der Waals surface area contributed by atoms with Crippen molar-refractivity contribution in [2.75, 3.05) is 6.61 Å². The second-order valence-corrected chi connectivity index (χ2v) is 10.9. The average Bonchev–Trinajstić information content (AvgIpc) is 2.99. The zero-order valence-corrected chi connectivity index (χ0v) is 24.6. The molecule has 0 heterocycles. The number of hydrogen-bond donors (Lipinski definition) is 0. The van der Waals surface area contributed by atoms with E-state index in [2.05, 4.69) is 20.8 Å². The number of esters is 2. The minimum Gasteiger partial charge on any atom is -0.462 e. The van der Waals surface area contributed by atoms with Gasteiger partial charge in [0.2, 0.25) is 0 Å². The molecule has 0 fully saturated rings. The van der Waals surface area contributed by atoms with Crippen LogP contribution in [0.25, 0.3) is 11.1 Å². The quantitative estimate of drug-likeness (QED) is 0.0967. The highest BCUT2D eigenvalue weighted by Gasteiger charge is 2.11. The maximum Gasteiger partial charge on any atom is 0.343 e. The lowest BCUT2D eigenvalue weighted by Crippen LogP contribution is -2.11. The molecule has 4 nitrogen and oxygen atoms in total. The summed E-state index contributed by atoms with van der Waals surface area (Å²) in [6.45, 7) is 6.83. The van der Waals surface area contributed by atoms with E-state index >= 15 is 0 Å². The van der Waals surface area contributed by atoms with Gasteiger partial charge in [-0.25, -0.2) is 9.59 Å². The zero-order chi connectivity index (χ0) is 28.6. The third-order valence-electron chi connectivity index (χ3n) is 7.47. The van der Waals surface area contributed by atoms with Crippen molar-refractivity contribution < 1.29 is 19.1 Å². The number of aryl methyl sites for hydroxylation is 1. The molecule has 0 aliphatic carbocycles. The summed E-state index contributed by atoms with van der Waals surface area (Å²) in [6.07, 6.45) is 13.9. The minimum absolute atomic E-state index is 0.300. The van der Waals surface area contributed by atoms with E-state index in [1.807, 2.05) is 48.5 Å². The standard InChI is InChI=1S/C36H46O4/c1-4-6-7-8-9-10-11-12-13-14-29-15-17-33(18-16-29)36(38)40-34-25-23-31(24-26-34)30-19-21-32(22-20-30)35(37)39-27-28(3)5-2/h15-26,28H,4-14,27H2,1-3H3. The molecule has 0 saturated heterocycles. The van der Waals surface area contributed by atoms with Gasteiger partial charge in [0.25, 0.3) is 0 Å². The Morgan fingerprint density at radius 3 is 1.70 bits per heavy atom. The lowest BCUT2D eigenvalue weighted by Gasteiger charge is -2.10. The first-order valence-corrected chi connectivity index (χ1v) is 15.2. The number of ether oxygens (including phenoxy) is 2. The maximum atomic E-state index is 12.7. The third kappa shape index (κ3) is 10.6. The Morgan fingerprint density at radius 1 is 0.625 bits per heavy atom. The van der Waals surface area contributed by atoms with Crippen LogP contribution in [0.4, 0.5) is 0 Å². The van der Waals surface area contributed by atoms with Crippen LogP contribution in [0.2, 0.25) is 0 Å². The molecule has 0 aromatic heterocycles. The van der Waals surface area contributed by atoms with Crippen molar-refractivity contribution in [3.63, 3.8) is 0 Å². The smallest absolute Gasteiger partial charge is 0.343 e. The molecule has 3 aromatic rings. The number of carbonyl (C=O) groups excluding carboxylic acids is 2. The number of rotatable bonds is 17. The number of benzene rings is 3. The predicted molar refractivity (Wildman–Crippen MR) is 164 cm³/mol. The van der Waals surface area contributed by atoms with Crippen molar-refractivity contribution in [1.82, 2.24) is 0 Å². The predicted octanol–water partition coefficient (Wildman–Crippen LogP) is 9.85. The maximum absolute atomic E-state index is 12.7.